The monoisotopic (exact) mass is 285 g/mol. The van der Waals surface area contributed by atoms with Crippen LogP contribution in [-0.2, 0) is 14.3 Å². The molecule has 1 saturated carbocycles. The molecule has 0 unspecified atom stereocenters. The number of carboxylic acids is 1. The average molecular weight is 285 g/mol. The van der Waals surface area contributed by atoms with Crippen LogP contribution in [0, 0.1) is 5.41 Å². The number of amides is 1. The molecule has 1 N–H and O–H groups in total. The normalized spacial score (nSPS) is 32.5. The maximum absolute atomic E-state index is 12.2. The number of fused-ring (bicyclic) bond motifs is 2. The van der Waals surface area contributed by atoms with Gasteiger partial charge in [-0.2, -0.15) is 0 Å². The van der Waals surface area contributed by atoms with E-state index in [9.17, 15) is 14.7 Å². The van der Waals surface area contributed by atoms with Gasteiger partial charge >= 0.3 is 12.1 Å². The third-order valence-electron chi connectivity index (χ3n) is 4.18. The van der Waals surface area contributed by atoms with E-state index in [0.717, 1.165) is 6.42 Å². The summed E-state index contributed by atoms with van der Waals surface area (Å²) in [5.74, 6) is -0.949. The number of carbonyl (C=O) groups is 2. The highest BCUT2D eigenvalue weighted by Crippen LogP contribution is 2.58. The number of methoxy groups -OCH3 is 1. The van der Waals surface area contributed by atoms with Crippen molar-refractivity contribution in [2.75, 3.05) is 20.3 Å². The molecule has 3 rings (SSSR count). The zero-order chi connectivity index (χ0) is 15.2. The number of carbonyl (C=O) groups excluding carboxylic acids is 1. The van der Waals surface area contributed by atoms with Gasteiger partial charge in [-0.1, -0.05) is 0 Å². The molecular formula is C14H23NO5. The molecule has 3 aliphatic rings. The quantitative estimate of drug-likeness (QED) is 0.856. The topological polar surface area (TPSA) is 76.1 Å². The molecule has 2 bridgehead atoms. The van der Waals surface area contributed by atoms with Crippen molar-refractivity contribution in [3.05, 3.63) is 0 Å². The van der Waals surface area contributed by atoms with Crippen molar-refractivity contribution >= 4 is 12.1 Å². The van der Waals surface area contributed by atoms with E-state index < -0.39 is 23.2 Å². The molecule has 2 aliphatic heterocycles. The van der Waals surface area contributed by atoms with Gasteiger partial charge in [-0.3, -0.25) is 4.90 Å². The highest BCUT2D eigenvalue weighted by Gasteiger charge is 2.67. The van der Waals surface area contributed by atoms with Crippen molar-refractivity contribution in [1.82, 2.24) is 4.90 Å². The van der Waals surface area contributed by atoms with E-state index in [4.69, 9.17) is 9.47 Å². The van der Waals surface area contributed by atoms with E-state index in [1.165, 1.54) is 4.90 Å². The van der Waals surface area contributed by atoms with Crippen molar-refractivity contribution in [3.8, 4) is 0 Å². The Balaban J connectivity index is 2.16. The van der Waals surface area contributed by atoms with Crippen molar-refractivity contribution in [2.24, 2.45) is 5.41 Å². The second-order valence-electron chi connectivity index (χ2n) is 7.01. The summed E-state index contributed by atoms with van der Waals surface area (Å²) in [6.07, 6.45) is 1.12. The van der Waals surface area contributed by atoms with Crippen LogP contribution in [-0.4, -0.2) is 53.5 Å². The van der Waals surface area contributed by atoms with Crippen molar-refractivity contribution in [2.45, 2.75) is 51.2 Å². The van der Waals surface area contributed by atoms with Crippen molar-refractivity contribution < 1.29 is 24.2 Å². The predicted octanol–water partition coefficient (Wildman–Crippen LogP) is 1.88. The molecule has 114 valence electrons. The molecule has 2 heterocycles. The molecule has 0 aromatic rings. The standard InChI is InChI=1S/C14H23NO5/c1-12(2,3)20-11(18)15-6-5-13(9-19-4)7-14(15,8-13)10(16)17/h5-9H2,1-4H3,(H,16,17). The second kappa shape index (κ2) is 4.62. The van der Waals surface area contributed by atoms with Gasteiger partial charge in [0, 0.05) is 19.1 Å². The molecule has 0 spiro atoms. The number of ether oxygens (including phenoxy) is 2. The summed E-state index contributed by atoms with van der Waals surface area (Å²) in [7, 11) is 1.62. The smallest absolute Gasteiger partial charge is 0.411 e. The van der Waals surface area contributed by atoms with E-state index in [1.807, 2.05) is 0 Å². The largest absolute Gasteiger partial charge is 0.479 e. The van der Waals surface area contributed by atoms with Crippen LogP contribution in [0.2, 0.25) is 0 Å². The molecule has 0 aromatic carbocycles. The molecular weight excluding hydrogens is 262 g/mol. The number of carboxylic acid groups (broad SMARTS) is 1. The summed E-state index contributed by atoms with van der Waals surface area (Å²) in [4.78, 5) is 25.3. The summed E-state index contributed by atoms with van der Waals surface area (Å²) in [6, 6.07) is 0. The predicted molar refractivity (Wildman–Crippen MR) is 71.5 cm³/mol. The first-order chi connectivity index (χ1) is 9.14. The van der Waals surface area contributed by atoms with E-state index in [-0.39, 0.29) is 5.41 Å². The van der Waals surface area contributed by atoms with Gasteiger partial charge in [-0.05, 0) is 40.0 Å². The Labute approximate surface area is 119 Å². The Morgan fingerprint density at radius 3 is 2.35 bits per heavy atom. The first kappa shape index (κ1) is 15.1. The summed E-state index contributed by atoms with van der Waals surface area (Å²) in [5, 5.41) is 9.55. The highest BCUT2D eigenvalue weighted by atomic mass is 16.6. The first-order valence-electron chi connectivity index (χ1n) is 6.87. The second-order valence-corrected chi connectivity index (χ2v) is 7.01. The van der Waals surface area contributed by atoms with Crippen LogP contribution >= 0.6 is 0 Å². The number of aliphatic carboxylic acids is 1. The Hall–Kier alpha value is -1.30. The molecule has 1 aliphatic carbocycles. The van der Waals surface area contributed by atoms with Gasteiger partial charge in [-0.25, -0.2) is 9.59 Å². The molecule has 0 radical (unpaired) electrons. The number of rotatable bonds is 3. The molecule has 1 amide bonds. The van der Waals surface area contributed by atoms with Gasteiger partial charge in [0.2, 0.25) is 0 Å². The SMILES string of the molecule is COCC12CCN(C(=O)OC(C)(C)C)C(C(=O)O)(C1)C2. The Bertz CT molecular complexity index is 420. The maximum Gasteiger partial charge on any atom is 0.411 e. The van der Waals surface area contributed by atoms with Gasteiger partial charge in [0.05, 0.1) is 6.61 Å². The minimum atomic E-state index is -1.11. The van der Waals surface area contributed by atoms with Gasteiger partial charge in [-0.15, -0.1) is 0 Å². The van der Waals surface area contributed by atoms with Gasteiger partial charge in [0.25, 0.3) is 0 Å². The van der Waals surface area contributed by atoms with Crippen LogP contribution in [0.4, 0.5) is 4.79 Å². The van der Waals surface area contributed by atoms with Crippen LogP contribution in [0.15, 0.2) is 0 Å². The highest BCUT2D eigenvalue weighted by molar-refractivity contribution is 5.86. The van der Waals surface area contributed by atoms with E-state index in [2.05, 4.69) is 0 Å². The minimum absolute atomic E-state index is 0.0916. The zero-order valence-electron chi connectivity index (χ0n) is 12.6. The lowest BCUT2D eigenvalue weighted by Crippen LogP contribution is -2.73. The fourth-order valence-corrected chi connectivity index (χ4v) is 3.45. The molecule has 20 heavy (non-hydrogen) atoms. The van der Waals surface area contributed by atoms with Crippen LogP contribution < -0.4 is 0 Å². The minimum Gasteiger partial charge on any atom is -0.479 e. The lowest BCUT2D eigenvalue weighted by molar-refractivity contribution is -0.192. The summed E-state index contributed by atoms with van der Waals surface area (Å²) in [6.45, 7) is 6.28. The lowest BCUT2D eigenvalue weighted by Gasteiger charge is -2.62. The van der Waals surface area contributed by atoms with Gasteiger partial charge in [0.15, 0.2) is 0 Å². The van der Waals surface area contributed by atoms with E-state index in [0.29, 0.717) is 26.0 Å². The molecule has 0 aromatic heterocycles. The first-order valence-corrected chi connectivity index (χ1v) is 6.87. The van der Waals surface area contributed by atoms with Gasteiger partial charge < -0.3 is 14.6 Å². The zero-order valence-corrected chi connectivity index (χ0v) is 12.6. The third kappa shape index (κ3) is 2.37. The fourth-order valence-electron chi connectivity index (χ4n) is 3.45. The Kier molecular flexibility index (Phi) is 3.48. The third-order valence-corrected chi connectivity index (χ3v) is 4.18. The van der Waals surface area contributed by atoms with E-state index >= 15 is 0 Å². The maximum atomic E-state index is 12.2. The Morgan fingerprint density at radius 2 is 1.90 bits per heavy atom. The van der Waals surface area contributed by atoms with Crippen molar-refractivity contribution in [3.63, 3.8) is 0 Å². The van der Waals surface area contributed by atoms with Crippen molar-refractivity contribution in [1.29, 1.82) is 0 Å². The summed E-state index contributed by atoms with van der Waals surface area (Å²) in [5.41, 5.74) is -1.83. The molecule has 2 saturated heterocycles. The van der Waals surface area contributed by atoms with Gasteiger partial charge in [0.1, 0.15) is 11.1 Å². The average Bonchev–Trinajstić information content (AvgIpc) is 2.25. The number of nitrogens with zero attached hydrogens (tertiary/aromatic N) is 1. The summed E-state index contributed by atoms with van der Waals surface area (Å²) < 4.78 is 10.5. The Morgan fingerprint density at radius 1 is 1.30 bits per heavy atom. The van der Waals surface area contributed by atoms with Crippen LogP contribution in [0.1, 0.15) is 40.0 Å². The summed E-state index contributed by atoms with van der Waals surface area (Å²) >= 11 is 0. The van der Waals surface area contributed by atoms with Crippen LogP contribution in [0.3, 0.4) is 0 Å². The van der Waals surface area contributed by atoms with Crippen LogP contribution in [0.25, 0.3) is 0 Å². The number of hydrogen-bond donors (Lipinski definition) is 1. The lowest BCUT2D eigenvalue weighted by atomic mass is 9.52. The molecule has 6 nitrogen and oxygen atoms in total. The molecule has 3 fully saturated rings. The molecule has 0 atom stereocenters. The number of hydrogen-bond acceptors (Lipinski definition) is 4. The van der Waals surface area contributed by atoms with Crippen LogP contribution in [0.5, 0.6) is 0 Å². The molecule has 6 heteroatoms. The van der Waals surface area contributed by atoms with E-state index in [1.54, 1.807) is 27.9 Å². The fraction of sp³-hybridized carbons (Fsp3) is 0.857. The number of piperidine rings is 2.